The van der Waals surface area contributed by atoms with E-state index in [0.29, 0.717) is 36.7 Å². The summed E-state index contributed by atoms with van der Waals surface area (Å²) < 4.78 is 27.2. The van der Waals surface area contributed by atoms with Gasteiger partial charge in [0.2, 0.25) is 5.91 Å². The zero-order valence-electron chi connectivity index (χ0n) is 16.3. The van der Waals surface area contributed by atoms with E-state index in [1.165, 1.54) is 33.4 Å². The van der Waals surface area contributed by atoms with Crippen molar-refractivity contribution in [3.05, 3.63) is 39.9 Å². The number of amides is 1. The van der Waals surface area contributed by atoms with Crippen molar-refractivity contribution in [3.63, 3.8) is 0 Å². The molecule has 0 aliphatic carbocycles. The first-order valence-electron chi connectivity index (χ1n) is 10.1. The maximum atomic E-state index is 12.8. The van der Waals surface area contributed by atoms with Crippen LogP contribution in [0, 0.1) is 5.92 Å². The highest BCUT2D eigenvalue weighted by Crippen LogP contribution is 2.29. The van der Waals surface area contributed by atoms with Gasteiger partial charge in [0.1, 0.15) is 4.21 Å². The Morgan fingerprint density at radius 1 is 1.07 bits per heavy atom. The summed E-state index contributed by atoms with van der Waals surface area (Å²) >= 11 is 2.98. The van der Waals surface area contributed by atoms with Gasteiger partial charge in [0, 0.05) is 30.4 Å². The molecule has 1 atom stereocenters. The molecule has 2 saturated heterocycles. The minimum atomic E-state index is -3.42. The fraction of sp³-hybridized carbons (Fsp3) is 0.550. The molecule has 29 heavy (non-hydrogen) atoms. The van der Waals surface area contributed by atoms with Crippen molar-refractivity contribution in [2.75, 3.05) is 32.7 Å². The van der Waals surface area contributed by atoms with Crippen molar-refractivity contribution in [3.8, 4) is 0 Å². The van der Waals surface area contributed by atoms with Crippen LogP contribution in [0.3, 0.4) is 0 Å². The van der Waals surface area contributed by atoms with Crippen LogP contribution < -0.4 is 5.32 Å². The summed E-state index contributed by atoms with van der Waals surface area (Å²) in [5.41, 5.74) is 0. The molecule has 2 aliphatic heterocycles. The van der Waals surface area contributed by atoms with Gasteiger partial charge in [-0.3, -0.25) is 9.69 Å². The number of hydrogen-bond donors (Lipinski definition) is 1. The van der Waals surface area contributed by atoms with Gasteiger partial charge in [0.15, 0.2) is 0 Å². The van der Waals surface area contributed by atoms with Crippen LogP contribution >= 0.6 is 22.7 Å². The van der Waals surface area contributed by atoms with E-state index in [2.05, 4.69) is 27.7 Å². The van der Waals surface area contributed by atoms with Crippen molar-refractivity contribution in [1.82, 2.24) is 14.5 Å². The molecule has 2 fully saturated rings. The van der Waals surface area contributed by atoms with Gasteiger partial charge in [-0.15, -0.1) is 22.7 Å². The number of rotatable bonds is 7. The molecule has 2 aliphatic rings. The average molecular weight is 454 g/mol. The molecule has 1 unspecified atom stereocenters. The molecule has 158 valence electrons. The minimum Gasteiger partial charge on any atom is -0.354 e. The summed E-state index contributed by atoms with van der Waals surface area (Å²) in [6.45, 7) is 3.58. The molecule has 9 heteroatoms. The second kappa shape index (κ2) is 9.26. The zero-order chi connectivity index (χ0) is 20.3. The minimum absolute atomic E-state index is 0.0546. The number of piperidine rings is 1. The van der Waals surface area contributed by atoms with Crippen LogP contribution in [-0.2, 0) is 14.8 Å². The summed E-state index contributed by atoms with van der Waals surface area (Å²) in [6, 6.07) is 7.84. The van der Waals surface area contributed by atoms with E-state index in [1.807, 2.05) is 0 Å². The number of carbonyl (C=O) groups excluding carboxylic acids is 1. The van der Waals surface area contributed by atoms with Crippen molar-refractivity contribution in [2.24, 2.45) is 5.92 Å². The van der Waals surface area contributed by atoms with Crippen LogP contribution in [0.4, 0.5) is 0 Å². The van der Waals surface area contributed by atoms with Gasteiger partial charge < -0.3 is 5.32 Å². The molecule has 1 amide bonds. The summed E-state index contributed by atoms with van der Waals surface area (Å²) in [7, 11) is -3.42. The Kier molecular flexibility index (Phi) is 6.70. The van der Waals surface area contributed by atoms with Crippen LogP contribution in [-0.4, -0.2) is 56.3 Å². The van der Waals surface area contributed by atoms with Crippen LogP contribution in [0.2, 0.25) is 0 Å². The average Bonchev–Trinajstić information content (AvgIpc) is 3.52. The SMILES string of the molecule is O=C(NCC(c1cccs1)N1CCCC1)C1CCN(S(=O)(=O)c2cccs2)CC1. The highest BCUT2D eigenvalue weighted by molar-refractivity contribution is 7.91. The summed E-state index contributed by atoms with van der Waals surface area (Å²) in [5.74, 6) is -0.0636. The number of thiophene rings is 2. The summed E-state index contributed by atoms with van der Waals surface area (Å²) in [6.07, 6.45) is 3.58. The third-order valence-electron chi connectivity index (χ3n) is 5.84. The zero-order valence-corrected chi connectivity index (χ0v) is 18.8. The van der Waals surface area contributed by atoms with E-state index < -0.39 is 10.0 Å². The quantitative estimate of drug-likeness (QED) is 0.699. The number of nitrogens with one attached hydrogen (secondary N) is 1. The number of carbonyl (C=O) groups is 1. The Morgan fingerprint density at radius 2 is 1.76 bits per heavy atom. The van der Waals surface area contributed by atoms with Gasteiger partial charge in [-0.2, -0.15) is 4.31 Å². The molecule has 0 radical (unpaired) electrons. The predicted octanol–water partition coefficient (Wildman–Crippen LogP) is 3.16. The van der Waals surface area contributed by atoms with Gasteiger partial charge >= 0.3 is 0 Å². The molecule has 2 aromatic rings. The number of nitrogens with zero attached hydrogens (tertiary/aromatic N) is 2. The third-order valence-corrected chi connectivity index (χ3v) is 10.1. The topological polar surface area (TPSA) is 69.7 Å². The first-order chi connectivity index (χ1) is 14.1. The molecular weight excluding hydrogens is 426 g/mol. The van der Waals surface area contributed by atoms with Gasteiger partial charge in [-0.1, -0.05) is 12.1 Å². The Morgan fingerprint density at radius 3 is 2.38 bits per heavy atom. The molecule has 6 nitrogen and oxygen atoms in total. The Bertz CT molecular complexity index is 883. The molecular formula is C20H27N3O3S3. The maximum absolute atomic E-state index is 12.8. The van der Waals surface area contributed by atoms with E-state index >= 15 is 0 Å². The lowest BCUT2D eigenvalue weighted by Crippen LogP contribution is -2.44. The molecule has 1 N–H and O–H groups in total. The van der Waals surface area contributed by atoms with Gasteiger partial charge in [-0.25, -0.2) is 8.42 Å². The smallest absolute Gasteiger partial charge is 0.252 e. The second-order valence-corrected chi connectivity index (χ2v) is 11.7. The van der Waals surface area contributed by atoms with Crippen LogP contribution in [0.15, 0.2) is 39.2 Å². The third kappa shape index (κ3) is 4.74. The lowest BCUT2D eigenvalue weighted by molar-refractivity contribution is -0.126. The highest BCUT2D eigenvalue weighted by atomic mass is 32.2. The van der Waals surface area contributed by atoms with E-state index in [9.17, 15) is 13.2 Å². The molecule has 0 aromatic carbocycles. The van der Waals surface area contributed by atoms with Crippen LogP contribution in [0.5, 0.6) is 0 Å². The number of hydrogen-bond acceptors (Lipinski definition) is 6. The summed E-state index contributed by atoms with van der Waals surface area (Å²) in [4.78, 5) is 16.5. The lowest BCUT2D eigenvalue weighted by Gasteiger charge is -2.31. The van der Waals surface area contributed by atoms with Crippen molar-refractivity contribution < 1.29 is 13.2 Å². The predicted molar refractivity (Wildman–Crippen MR) is 117 cm³/mol. The fourth-order valence-corrected chi connectivity index (χ4v) is 7.66. The van der Waals surface area contributed by atoms with E-state index in [4.69, 9.17) is 0 Å². The van der Waals surface area contributed by atoms with Crippen LogP contribution in [0.1, 0.15) is 36.6 Å². The van der Waals surface area contributed by atoms with Gasteiger partial charge in [-0.05, 0) is 61.7 Å². The highest BCUT2D eigenvalue weighted by Gasteiger charge is 2.33. The van der Waals surface area contributed by atoms with Gasteiger partial charge in [0.05, 0.1) is 6.04 Å². The largest absolute Gasteiger partial charge is 0.354 e. The molecule has 4 heterocycles. The van der Waals surface area contributed by atoms with Crippen molar-refractivity contribution >= 4 is 38.6 Å². The van der Waals surface area contributed by atoms with E-state index in [-0.39, 0.29) is 17.9 Å². The van der Waals surface area contributed by atoms with Crippen LogP contribution in [0.25, 0.3) is 0 Å². The molecule has 0 spiro atoms. The van der Waals surface area contributed by atoms with E-state index in [1.54, 1.807) is 28.8 Å². The standard InChI is InChI=1S/C20H27N3O3S3/c24-20(21-15-17(18-5-3-13-27-18)22-9-1-2-10-22)16-7-11-23(12-8-16)29(25,26)19-6-4-14-28-19/h3-6,13-14,16-17H,1-2,7-12,15H2,(H,21,24). The normalized spacial score (nSPS) is 20.7. The monoisotopic (exact) mass is 453 g/mol. The second-order valence-electron chi connectivity index (χ2n) is 7.63. The first kappa shape index (κ1) is 21.0. The Hall–Kier alpha value is -1.26. The van der Waals surface area contributed by atoms with Gasteiger partial charge in [0.25, 0.3) is 10.0 Å². The molecule has 0 saturated carbocycles. The molecule has 2 aromatic heterocycles. The Labute approximate surface area is 180 Å². The maximum Gasteiger partial charge on any atom is 0.252 e. The summed E-state index contributed by atoms with van der Waals surface area (Å²) in [5, 5.41) is 7.02. The van der Waals surface area contributed by atoms with Crippen molar-refractivity contribution in [1.29, 1.82) is 0 Å². The Balaban J connectivity index is 1.31. The lowest BCUT2D eigenvalue weighted by atomic mass is 9.97. The fourth-order valence-electron chi connectivity index (χ4n) is 4.18. The van der Waals surface area contributed by atoms with E-state index in [0.717, 1.165) is 13.1 Å². The first-order valence-corrected chi connectivity index (χ1v) is 13.3. The molecule has 4 rings (SSSR count). The molecule has 0 bridgehead atoms. The number of sulfonamides is 1. The van der Waals surface area contributed by atoms with Crippen molar-refractivity contribution in [2.45, 2.75) is 35.9 Å². The number of likely N-dealkylation sites (tertiary alicyclic amines) is 1.